The van der Waals surface area contributed by atoms with Gasteiger partial charge in [0, 0.05) is 16.4 Å². The number of allylic oxidation sites excluding steroid dienone is 1. The Labute approximate surface area is 99.7 Å². The van der Waals surface area contributed by atoms with Gasteiger partial charge in [0.1, 0.15) is 0 Å². The monoisotopic (exact) mass is 234 g/mol. The molecule has 2 nitrogen and oxygen atoms in total. The normalized spacial score (nSPS) is 10.2. The van der Waals surface area contributed by atoms with Gasteiger partial charge in [-0.15, -0.1) is 0 Å². The maximum Gasteiger partial charge on any atom is 0.196 e. The summed E-state index contributed by atoms with van der Waals surface area (Å²) in [6.07, 6.45) is 1.28. The summed E-state index contributed by atoms with van der Waals surface area (Å²) in [4.78, 5) is 23.6. The lowest BCUT2D eigenvalue weighted by Crippen LogP contribution is -2.01. The molecule has 0 fully saturated rings. The minimum atomic E-state index is -0.105. The minimum Gasteiger partial charge on any atom is -0.289 e. The topological polar surface area (TPSA) is 34.1 Å². The Balaban J connectivity index is 2.76. The average Bonchev–Trinajstić information content (AvgIpc) is 2.28. The zero-order valence-electron chi connectivity index (χ0n) is 9.40. The number of carbonyl (C=O) groups is 2. The summed E-state index contributed by atoms with van der Waals surface area (Å²) in [5.41, 5.74) is 0.594. The minimum absolute atomic E-state index is 0.0134. The van der Waals surface area contributed by atoms with Gasteiger partial charge in [0.15, 0.2) is 10.9 Å². The van der Waals surface area contributed by atoms with Crippen LogP contribution in [-0.4, -0.2) is 10.9 Å². The molecule has 1 aromatic rings. The van der Waals surface area contributed by atoms with Crippen LogP contribution < -0.4 is 0 Å². The number of thioether (sulfide) groups is 1. The Kier molecular flexibility index (Phi) is 4.50. The van der Waals surface area contributed by atoms with Crippen LogP contribution in [0, 0.1) is 5.92 Å². The van der Waals surface area contributed by atoms with Crippen LogP contribution in [0.3, 0.4) is 0 Å². The molecule has 0 unspecified atom stereocenters. The van der Waals surface area contributed by atoms with Gasteiger partial charge in [-0.05, 0) is 30.3 Å². The highest BCUT2D eigenvalue weighted by Gasteiger charge is 2.09. The van der Waals surface area contributed by atoms with E-state index in [2.05, 4.69) is 6.58 Å². The molecule has 0 saturated heterocycles. The summed E-state index contributed by atoms with van der Waals surface area (Å²) in [5, 5.41) is 0.128. The number of hydrogen-bond acceptors (Lipinski definition) is 3. The van der Waals surface area contributed by atoms with E-state index in [9.17, 15) is 9.59 Å². The van der Waals surface area contributed by atoms with Gasteiger partial charge in [0.25, 0.3) is 0 Å². The molecule has 0 radical (unpaired) electrons. The first kappa shape index (κ1) is 12.7. The molecule has 0 saturated carbocycles. The lowest BCUT2D eigenvalue weighted by molar-refractivity contribution is -0.113. The summed E-state index contributed by atoms with van der Waals surface area (Å²) in [6, 6.07) is 6.98. The summed E-state index contributed by atoms with van der Waals surface area (Å²) >= 11 is 1.20. The van der Waals surface area contributed by atoms with E-state index in [0.29, 0.717) is 5.56 Å². The van der Waals surface area contributed by atoms with Crippen molar-refractivity contribution in [1.29, 1.82) is 0 Å². The second kappa shape index (κ2) is 5.66. The first-order valence-electron chi connectivity index (χ1n) is 5.03. The molecule has 0 aliphatic heterocycles. The molecule has 16 heavy (non-hydrogen) atoms. The van der Waals surface area contributed by atoms with E-state index in [4.69, 9.17) is 0 Å². The van der Waals surface area contributed by atoms with E-state index in [1.807, 2.05) is 13.8 Å². The number of rotatable bonds is 4. The van der Waals surface area contributed by atoms with Gasteiger partial charge in [-0.1, -0.05) is 32.2 Å². The van der Waals surface area contributed by atoms with Crippen LogP contribution in [-0.2, 0) is 4.79 Å². The lowest BCUT2D eigenvalue weighted by Gasteiger charge is -2.03. The van der Waals surface area contributed by atoms with Crippen molar-refractivity contribution in [1.82, 2.24) is 0 Å². The average molecular weight is 234 g/mol. The molecule has 1 rings (SSSR count). The predicted molar refractivity (Wildman–Crippen MR) is 66.7 cm³/mol. The largest absolute Gasteiger partial charge is 0.289 e. The summed E-state index contributed by atoms with van der Waals surface area (Å²) < 4.78 is 0. The molecule has 0 spiro atoms. The highest BCUT2D eigenvalue weighted by molar-refractivity contribution is 8.13. The predicted octanol–water partition coefficient (Wildman–Crippen LogP) is 3.33. The number of ketones is 1. The van der Waals surface area contributed by atoms with Gasteiger partial charge >= 0.3 is 0 Å². The Morgan fingerprint density at radius 3 is 2.25 bits per heavy atom. The van der Waals surface area contributed by atoms with Crippen LogP contribution in [0.2, 0.25) is 0 Å². The summed E-state index contributed by atoms with van der Waals surface area (Å²) in [5.74, 6) is -0.0915. The fourth-order valence-electron chi connectivity index (χ4n) is 1.04. The Morgan fingerprint density at radius 1 is 1.25 bits per heavy atom. The maximum atomic E-state index is 11.5. The molecular weight excluding hydrogens is 220 g/mol. The molecule has 0 aliphatic carbocycles. The lowest BCUT2D eigenvalue weighted by atomic mass is 10.1. The van der Waals surface area contributed by atoms with Crippen LogP contribution in [0.5, 0.6) is 0 Å². The fraction of sp³-hybridized carbons (Fsp3) is 0.231. The number of benzene rings is 1. The first-order valence-corrected chi connectivity index (χ1v) is 5.84. The van der Waals surface area contributed by atoms with Gasteiger partial charge in [-0.3, -0.25) is 9.59 Å². The van der Waals surface area contributed by atoms with Crippen molar-refractivity contribution in [2.45, 2.75) is 18.7 Å². The van der Waals surface area contributed by atoms with Crippen molar-refractivity contribution >= 4 is 22.7 Å². The highest BCUT2D eigenvalue weighted by Crippen LogP contribution is 2.22. The van der Waals surface area contributed by atoms with Crippen molar-refractivity contribution in [3.05, 3.63) is 42.5 Å². The Morgan fingerprint density at radius 2 is 1.81 bits per heavy atom. The highest BCUT2D eigenvalue weighted by atomic mass is 32.2. The summed E-state index contributed by atoms with van der Waals surface area (Å²) in [7, 11) is 0. The molecule has 0 atom stereocenters. The Hall–Kier alpha value is -1.35. The zero-order chi connectivity index (χ0) is 12.1. The van der Waals surface area contributed by atoms with E-state index in [1.165, 1.54) is 17.8 Å². The van der Waals surface area contributed by atoms with Crippen LogP contribution in [0.15, 0.2) is 41.8 Å². The van der Waals surface area contributed by atoms with Gasteiger partial charge in [-0.25, -0.2) is 0 Å². The van der Waals surface area contributed by atoms with Gasteiger partial charge < -0.3 is 0 Å². The van der Waals surface area contributed by atoms with Crippen LogP contribution in [0.25, 0.3) is 0 Å². The van der Waals surface area contributed by atoms with Crippen molar-refractivity contribution in [3.8, 4) is 0 Å². The van der Waals surface area contributed by atoms with E-state index in [1.54, 1.807) is 24.3 Å². The van der Waals surface area contributed by atoms with Gasteiger partial charge in [0.05, 0.1) is 0 Å². The van der Waals surface area contributed by atoms with Gasteiger partial charge in [0.2, 0.25) is 0 Å². The quantitative estimate of drug-likeness (QED) is 0.455. The van der Waals surface area contributed by atoms with Crippen molar-refractivity contribution in [2.75, 3.05) is 0 Å². The Bertz CT molecular complexity index is 404. The van der Waals surface area contributed by atoms with Crippen LogP contribution in [0.1, 0.15) is 24.2 Å². The maximum absolute atomic E-state index is 11.5. The third-order valence-electron chi connectivity index (χ3n) is 2.01. The smallest absolute Gasteiger partial charge is 0.196 e. The van der Waals surface area contributed by atoms with Gasteiger partial charge in [-0.2, -0.15) is 0 Å². The molecule has 0 N–H and O–H groups in total. The number of carbonyl (C=O) groups excluding carboxylic acids is 2. The van der Waals surface area contributed by atoms with Crippen molar-refractivity contribution < 1.29 is 9.59 Å². The van der Waals surface area contributed by atoms with E-state index < -0.39 is 0 Å². The summed E-state index contributed by atoms with van der Waals surface area (Å²) in [6.45, 7) is 7.15. The third kappa shape index (κ3) is 3.35. The molecule has 0 amide bonds. The molecule has 0 aliphatic rings. The van der Waals surface area contributed by atoms with E-state index in [-0.39, 0.29) is 16.8 Å². The van der Waals surface area contributed by atoms with Crippen molar-refractivity contribution in [3.63, 3.8) is 0 Å². The standard InChI is InChI=1S/C13H14O2S/c1-4-12(14)10-5-7-11(8-6-10)16-13(15)9(2)3/h4-9H,1H2,2-3H3. The molecular formula is C13H14O2S. The van der Waals surface area contributed by atoms with Crippen LogP contribution in [0.4, 0.5) is 0 Å². The molecule has 84 valence electrons. The van der Waals surface area contributed by atoms with E-state index >= 15 is 0 Å². The zero-order valence-corrected chi connectivity index (χ0v) is 10.2. The second-order valence-corrected chi connectivity index (χ2v) is 4.75. The first-order chi connectivity index (χ1) is 7.54. The van der Waals surface area contributed by atoms with Crippen LogP contribution >= 0.6 is 11.8 Å². The fourth-order valence-corrected chi connectivity index (χ4v) is 1.78. The van der Waals surface area contributed by atoms with Crippen molar-refractivity contribution in [2.24, 2.45) is 5.92 Å². The third-order valence-corrected chi connectivity index (χ3v) is 3.19. The molecule has 0 bridgehead atoms. The molecule has 0 heterocycles. The SMILES string of the molecule is C=CC(=O)c1ccc(SC(=O)C(C)C)cc1. The molecule has 0 aromatic heterocycles. The molecule has 3 heteroatoms. The molecule has 1 aromatic carbocycles. The second-order valence-electron chi connectivity index (χ2n) is 3.67. The number of hydrogen-bond donors (Lipinski definition) is 0. The van der Waals surface area contributed by atoms with E-state index in [0.717, 1.165) is 4.90 Å².